The summed E-state index contributed by atoms with van der Waals surface area (Å²) in [5.74, 6) is -1.24. The molecule has 0 spiro atoms. The van der Waals surface area contributed by atoms with Crippen molar-refractivity contribution in [3.63, 3.8) is 0 Å². The number of rotatable bonds is 2. The van der Waals surface area contributed by atoms with Crippen LogP contribution in [0.5, 0.6) is 0 Å². The van der Waals surface area contributed by atoms with E-state index < -0.39 is 21.0 Å². The number of aromatic carboxylic acids is 1. The number of fused-ring (bicyclic) bond motifs is 1. The summed E-state index contributed by atoms with van der Waals surface area (Å²) in [6.45, 7) is 0. The molecule has 0 fully saturated rings. The van der Waals surface area contributed by atoms with Crippen LogP contribution in [0.1, 0.15) is 10.4 Å². The van der Waals surface area contributed by atoms with Crippen molar-refractivity contribution in [1.82, 2.24) is 0 Å². The summed E-state index contributed by atoms with van der Waals surface area (Å²) in [5, 5.41) is 9.86. The minimum atomic E-state index is -4.41. The number of carbonyl (C=O) groups is 1. The van der Waals surface area contributed by atoms with Crippen molar-refractivity contribution < 1.29 is 22.9 Å². The Morgan fingerprint density at radius 2 is 1.72 bits per heavy atom. The second-order valence-electron chi connectivity index (χ2n) is 3.47. The monoisotopic (exact) mass is 276 g/mol. The number of benzene rings is 2. The first-order valence-corrected chi connectivity index (χ1v) is 6.07. The van der Waals surface area contributed by atoms with Gasteiger partial charge in [0.05, 0.1) is 10.5 Å². The number of hydrogen-bond donors (Lipinski definition) is 2. The summed E-state index contributed by atoms with van der Waals surface area (Å²) in [7, 11) is -4.41. The van der Waals surface area contributed by atoms with Crippen LogP contribution in [0.15, 0.2) is 41.3 Å². The quantitative estimate of drug-likeness (QED) is 0.634. The molecule has 90 valence electrons. The van der Waals surface area contributed by atoms with Gasteiger partial charge < -0.3 is 5.11 Å². The molecule has 2 rings (SSSR count). The molecular weight excluding hydrogens is 267 g/mol. The first-order valence-electron chi connectivity index (χ1n) is 4.63. The third-order valence-corrected chi connectivity index (χ3v) is 3.20. The molecule has 0 heterocycles. The molecule has 0 unspecified atom stereocenters. The molecule has 0 amide bonds. The molecule has 0 bridgehead atoms. The molecule has 0 saturated carbocycles. The topological polar surface area (TPSA) is 91.7 Å². The molecule has 0 aliphatic carbocycles. The number of carboxylic acid groups (broad SMARTS) is 1. The molecule has 0 atom stereocenters. The molecule has 2 aromatic rings. The van der Waals surface area contributed by atoms with Gasteiger partial charge in [0, 0.05) is 0 Å². The van der Waals surface area contributed by atoms with Crippen LogP contribution in [-0.2, 0) is 10.1 Å². The Bertz CT molecular complexity index is 708. The fourth-order valence-electron chi connectivity index (χ4n) is 1.61. The second-order valence-corrected chi connectivity index (χ2v) is 4.89. The molecule has 18 heavy (non-hydrogen) atoms. The Hall–Kier alpha value is -0.920. The zero-order valence-electron chi connectivity index (χ0n) is 8.49. The van der Waals surface area contributed by atoms with Gasteiger partial charge in [-0.1, -0.05) is 24.3 Å². The number of hydrogen-bond acceptors (Lipinski definition) is 3. The minimum absolute atomic E-state index is 0. The standard InChI is InChI=1S/C11H8O5S.Na.H/c12-11(13)10-6-8(17(14,15)16)5-7-3-1-2-4-9(7)10;;/h1-6H,(H,12,13)(H,14,15,16);;. The third-order valence-electron chi connectivity index (χ3n) is 2.36. The summed E-state index contributed by atoms with van der Waals surface area (Å²) in [6, 6.07) is 8.64. The fourth-order valence-corrected chi connectivity index (χ4v) is 2.15. The van der Waals surface area contributed by atoms with Gasteiger partial charge in [0.15, 0.2) is 0 Å². The van der Waals surface area contributed by atoms with Gasteiger partial charge in [-0.05, 0) is 22.9 Å². The van der Waals surface area contributed by atoms with Gasteiger partial charge in [-0.2, -0.15) is 8.42 Å². The van der Waals surface area contributed by atoms with Crippen molar-refractivity contribution in [2.75, 3.05) is 0 Å². The fraction of sp³-hybridized carbons (Fsp3) is 0. The molecule has 2 N–H and O–H groups in total. The van der Waals surface area contributed by atoms with E-state index in [0.29, 0.717) is 10.8 Å². The van der Waals surface area contributed by atoms with Crippen molar-refractivity contribution in [2.24, 2.45) is 0 Å². The average molecular weight is 276 g/mol. The van der Waals surface area contributed by atoms with Gasteiger partial charge in [0.2, 0.25) is 0 Å². The summed E-state index contributed by atoms with van der Waals surface area (Å²) in [6.07, 6.45) is 0. The molecular formula is C11H9NaO5S. The predicted octanol–water partition coefficient (Wildman–Crippen LogP) is 1.14. The van der Waals surface area contributed by atoms with E-state index >= 15 is 0 Å². The SMILES string of the molecule is O=C(O)c1cc(S(=O)(=O)O)cc2ccccc12.[NaH]. The Labute approximate surface area is 125 Å². The van der Waals surface area contributed by atoms with E-state index in [4.69, 9.17) is 9.66 Å². The van der Waals surface area contributed by atoms with E-state index in [2.05, 4.69) is 0 Å². The van der Waals surface area contributed by atoms with Crippen molar-refractivity contribution in [1.29, 1.82) is 0 Å². The van der Waals surface area contributed by atoms with Crippen LogP contribution >= 0.6 is 0 Å². The first kappa shape index (κ1) is 15.1. The van der Waals surface area contributed by atoms with Gasteiger partial charge in [-0.25, -0.2) is 4.79 Å². The Kier molecular flexibility index (Phi) is 4.52. The zero-order chi connectivity index (χ0) is 12.6. The third kappa shape index (κ3) is 2.90. The van der Waals surface area contributed by atoms with E-state index in [9.17, 15) is 13.2 Å². The summed E-state index contributed by atoms with van der Waals surface area (Å²) < 4.78 is 31.0. The summed E-state index contributed by atoms with van der Waals surface area (Å²) in [4.78, 5) is 10.6. The van der Waals surface area contributed by atoms with Gasteiger partial charge in [-0.3, -0.25) is 4.55 Å². The molecule has 0 radical (unpaired) electrons. The van der Waals surface area contributed by atoms with Crippen LogP contribution in [0, 0.1) is 0 Å². The molecule has 0 aliphatic rings. The maximum atomic E-state index is 11.0. The average Bonchev–Trinajstić information content (AvgIpc) is 2.26. The Balaban J connectivity index is 0.00000162. The second kappa shape index (κ2) is 5.38. The van der Waals surface area contributed by atoms with E-state index in [1.165, 1.54) is 6.07 Å². The molecule has 0 saturated heterocycles. The van der Waals surface area contributed by atoms with Crippen LogP contribution in [0.3, 0.4) is 0 Å². The number of carboxylic acids is 1. The van der Waals surface area contributed by atoms with Crippen molar-refractivity contribution in [3.05, 3.63) is 42.0 Å². The Morgan fingerprint density at radius 3 is 2.28 bits per heavy atom. The van der Waals surface area contributed by atoms with Crippen LogP contribution in [-0.4, -0.2) is 53.6 Å². The first-order chi connectivity index (χ1) is 7.89. The molecule has 0 aromatic heterocycles. The van der Waals surface area contributed by atoms with E-state index in [-0.39, 0.29) is 35.1 Å². The summed E-state index contributed by atoms with van der Waals surface area (Å²) in [5.41, 5.74) is -0.157. The van der Waals surface area contributed by atoms with Gasteiger partial charge in [0.25, 0.3) is 10.1 Å². The van der Waals surface area contributed by atoms with Crippen LogP contribution < -0.4 is 0 Å². The van der Waals surface area contributed by atoms with Crippen molar-refractivity contribution in [3.8, 4) is 0 Å². The predicted molar refractivity (Wildman–Crippen MR) is 67.9 cm³/mol. The van der Waals surface area contributed by atoms with Crippen molar-refractivity contribution in [2.45, 2.75) is 4.90 Å². The van der Waals surface area contributed by atoms with Crippen LogP contribution in [0.2, 0.25) is 0 Å². The van der Waals surface area contributed by atoms with E-state index in [1.54, 1.807) is 24.3 Å². The van der Waals surface area contributed by atoms with Gasteiger partial charge in [-0.15, -0.1) is 0 Å². The van der Waals surface area contributed by atoms with E-state index in [0.717, 1.165) is 6.07 Å². The molecule has 7 heteroatoms. The van der Waals surface area contributed by atoms with Gasteiger partial charge >= 0.3 is 35.5 Å². The van der Waals surface area contributed by atoms with Crippen molar-refractivity contribution >= 4 is 56.4 Å². The zero-order valence-corrected chi connectivity index (χ0v) is 9.31. The van der Waals surface area contributed by atoms with Crippen LogP contribution in [0.25, 0.3) is 10.8 Å². The molecule has 5 nitrogen and oxygen atoms in total. The summed E-state index contributed by atoms with van der Waals surface area (Å²) >= 11 is 0. The van der Waals surface area contributed by atoms with Crippen LogP contribution in [0.4, 0.5) is 0 Å². The molecule has 0 aliphatic heterocycles. The normalized spacial score (nSPS) is 10.9. The van der Waals surface area contributed by atoms with Gasteiger partial charge in [0.1, 0.15) is 0 Å². The Morgan fingerprint density at radius 1 is 1.11 bits per heavy atom. The van der Waals surface area contributed by atoms with E-state index in [1.807, 2.05) is 0 Å². The molecule has 2 aromatic carbocycles. The maximum absolute atomic E-state index is 11.0.